The van der Waals surface area contributed by atoms with Crippen LogP contribution in [-0.2, 0) is 9.53 Å². The first-order valence-electron chi connectivity index (χ1n) is 8.68. The van der Waals surface area contributed by atoms with Crippen molar-refractivity contribution in [1.29, 1.82) is 0 Å². The average Bonchev–Trinajstić information content (AvgIpc) is 3.39. The number of benzene rings is 1. The van der Waals surface area contributed by atoms with Gasteiger partial charge < -0.3 is 19.4 Å². The Morgan fingerprint density at radius 1 is 1.17 bits per heavy atom. The van der Waals surface area contributed by atoms with Gasteiger partial charge in [-0.3, -0.25) is 4.79 Å². The Kier molecular flexibility index (Phi) is 3.99. The van der Waals surface area contributed by atoms with Gasteiger partial charge in [0, 0.05) is 32.7 Å². The highest BCUT2D eigenvalue weighted by atomic mass is 16.5. The van der Waals surface area contributed by atoms with Gasteiger partial charge in [-0.15, -0.1) is 0 Å². The van der Waals surface area contributed by atoms with E-state index in [4.69, 9.17) is 4.74 Å². The topological polar surface area (TPSA) is 36.0 Å². The van der Waals surface area contributed by atoms with Crippen molar-refractivity contribution in [2.24, 2.45) is 5.92 Å². The molecule has 23 heavy (non-hydrogen) atoms. The standard InChI is InChI=1S/C18H25N3O2/c1-19-10-11-23-17(13-19)18(22)21-9-8-20(12-14-6-7-14)15-4-2-3-5-16(15)21/h2-5,14,17H,6-13H2,1H3/t17-/m0/s1. The molecule has 5 heteroatoms. The molecule has 1 saturated carbocycles. The monoisotopic (exact) mass is 315 g/mol. The molecule has 1 atom stereocenters. The second kappa shape index (κ2) is 6.13. The molecule has 1 saturated heterocycles. The second-order valence-electron chi connectivity index (χ2n) is 6.99. The van der Waals surface area contributed by atoms with Gasteiger partial charge in [0.1, 0.15) is 6.10 Å². The van der Waals surface area contributed by atoms with Gasteiger partial charge in [-0.1, -0.05) is 12.1 Å². The van der Waals surface area contributed by atoms with E-state index in [2.05, 4.69) is 28.0 Å². The minimum Gasteiger partial charge on any atom is -0.368 e. The number of para-hydroxylation sites is 2. The number of hydrogen-bond acceptors (Lipinski definition) is 4. The van der Waals surface area contributed by atoms with E-state index in [9.17, 15) is 4.79 Å². The van der Waals surface area contributed by atoms with E-state index in [0.717, 1.165) is 37.8 Å². The van der Waals surface area contributed by atoms with E-state index in [1.54, 1.807) is 0 Å². The van der Waals surface area contributed by atoms with Crippen molar-refractivity contribution >= 4 is 17.3 Å². The molecule has 0 spiro atoms. The highest BCUT2D eigenvalue weighted by Gasteiger charge is 2.35. The molecule has 0 radical (unpaired) electrons. The molecule has 1 amide bonds. The summed E-state index contributed by atoms with van der Waals surface area (Å²) in [4.78, 5) is 19.5. The predicted octanol–water partition coefficient (Wildman–Crippen LogP) is 1.58. The first kappa shape index (κ1) is 15.0. The van der Waals surface area contributed by atoms with Gasteiger partial charge in [0.05, 0.1) is 18.0 Å². The van der Waals surface area contributed by atoms with E-state index in [0.29, 0.717) is 13.2 Å². The Balaban J connectivity index is 1.55. The van der Waals surface area contributed by atoms with Crippen molar-refractivity contribution in [3.63, 3.8) is 0 Å². The van der Waals surface area contributed by atoms with Crippen LogP contribution >= 0.6 is 0 Å². The molecule has 1 aromatic carbocycles. The van der Waals surface area contributed by atoms with Gasteiger partial charge in [-0.2, -0.15) is 0 Å². The van der Waals surface area contributed by atoms with E-state index < -0.39 is 0 Å². The van der Waals surface area contributed by atoms with Crippen molar-refractivity contribution in [1.82, 2.24) is 4.90 Å². The molecule has 0 aromatic heterocycles. The molecule has 124 valence electrons. The van der Waals surface area contributed by atoms with Crippen molar-refractivity contribution in [2.75, 3.05) is 56.2 Å². The number of nitrogens with zero attached hydrogens (tertiary/aromatic N) is 3. The van der Waals surface area contributed by atoms with E-state index in [1.165, 1.54) is 18.5 Å². The van der Waals surface area contributed by atoms with Gasteiger partial charge in [-0.05, 0) is 37.9 Å². The molecule has 0 N–H and O–H groups in total. The Morgan fingerprint density at radius 2 is 1.96 bits per heavy atom. The normalized spacial score (nSPS) is 25.3. The van der Waals surface area contributed by atoms with E-state index in [-0.39, 0.29) is 12.0 Å². The summed E-state index contributed by atoms with van der Waals surface area (Å²) in [6, 6.07) is 8.30. The molecule has 5 nitrogen and oxygen atoms in total. The van der Waals surface area contributed by atoms with Crippen LogP contribution in [0.1, 0.15) is 12.8 Å². The molecule has 0 unspecified atom stereocenters. The highest BCUT2D eigenvalue weighted by molar-refractivity contribution is 6.00. The SMILES string of the molecule is CN1CCO[C@H](C(=O)N2CCN(CC3CC3)c3ccccc32)C1. The van der Waals surface area contributed by atoms with Gasteiger partial charge in [0.15, 0.2) is 0 Å². The third kappa shape index (κ3) is 3.08. The van der Waals surface area contributed by atoms with Crippen LogP contribution in [0.4, 0.5) is 11.4 Å². The first-order chi connectivity index (χ1) is 11.2. The van der Waals surface area contributed by atoms with Crippen LogP contribution in [0.5, 0.6) is 0 Å². The van der Waals surface area contributed by atoms with Gasteiger partial charge in [-0.25, -0.2) is 0 Å². The number of rotatable bonds is 3. The minimum absolute atomic E-state index is 0.107. The second-order valence-corrected chi connectivity index (χ2v) is 6.99. The van der Waals surface area contributed by atoms with Crippen molar-refractivity contribution in [2.45, 2.75) is 18.9 Å². The summed E-state index contributed by atoms with van der Waals surface area (Å²) in [7, 11) is 2.05. The maximum Gasteiger partial charge on any atom is 0.257 e. The van der Waals surface area contributed by atoms with Crippen LogP contribution in [0.15, 0.2) is 24.3 Å². The molecular weight excluding hydrogens is 290 g/mol. The molecule has 1 aliphatic carbocycles. The number of anilines is 2. The largest absolute Gasteiger partial charge is 0.368 e. The number of hydrogen-bond donors (Lipinski definition) is 0. The van der Waals surface area contributed by atoms with Crippen LogP contribution in [0.2, 0.25) is 0 Å². The lowest BCUT2D eigenvalue weighted by Gasteiger charge is -2.40. The lowest BCUT2D eigenvalue weighted by molar-refractivity contribution is -0.135. The van der Waals surface area contributed by atoms with Gasteiger partial charge in [0.25, 0.3) is 5.91 Å². The molecule has 2 aliphatic heterocycles. The van der Waals surface area contributed by atoms with Crippen molar-refractivity contribution in [3.05, 3.63) is 24.3 Å². The third-order valence-electron chi connectivity index (χ3n) is 5.09. The lowest BCUT2D eigenvalue weighted by Crippen LogP contribution is -2.53. The van der Waals surface area contributed by atoms with Crippen LogP contribution in [-0.4, -0.2) is 63.3 Å². The summed E-state index contributed by atoms with van der Waals surface area (Å²) < 4.78 is 5.73. The fourth-order valence-electron chi connectivity index (χ4n) is 3.55. The van der Waals surface area contributed by atoms with Crippen molar-refractivity contribution in [3.8, 4) is 0 Å². The predicted molar refractivity (Wildman–Crippen MR) is 91.0 cm³/mol. The molecule has 0 bridgehead atoms. The zero-order valence-corrected chi connectivity index (χ0v) is 13.8. The quantitative estimate of drug-likeness (QED) is 0.848. The number of carbonyl (C=O) groups is 1. The van der Waals surface area contributed by atoms with E-state index >= 15 is 0 Å². The fraction of sp³-hybridized carbons (Fsp3) is 0.611. The Labute approximate surface area is 137 Å². The Hall–Kier alpha value is -1.59. The molecule has 1 aromatic rings. The van der Waals surface area contributed by atoms with E-state index in [1.807, 2.05) is 18.0 Å². The Morgan fingerprint density at radius 3 is 2.70 bits per heavy atom. The van der Waals surface area contributed by atoms with Crippen LogP contribution in [0, 0.1) is 5.92 Å². The zero-order chi connectivity index (χ0) is 15.8. The molecule has 2 fully saturated rings. The van der Waals surface area contributed by atoms with Gasteiger partial charge >= 0.3 is 0 Å². The molecule has 3 aliphatic rings. The summed E-state index contributed by atoms with van der Waals surface area (Å²) in [6.45, 7) is 5.02. The zero-order valence-electron chi connectivity index (χ0n) is 13.8. The summed E-state index contributed by atoms with van der Waals surface area (Å²) in [5.41, 5.74) is 2.24. The number of likely N-dealkylation sites (N-methyl/N-ethyl adjacent to an activating group) is 1. The number of amides is 1. The van der Waals surface area contributed by atoms with Crippen LogP contribution in [0.25, 0.3) is 0 Å². The fourth-order valence-corrected chi connectivity index (χ4v) is 3.55. The van der Waals surface area contributed by atoms with Crippen LogP contribution < -0.4 is 9.80 Å². The number of ether oxygens (including phenoxy) is 1. The number of morpholine rings is 1. The smallest absolute Gasteiger partial charge is 0.257 e. The number of carbonyl (C=O) groups excluding carboxylic acids is 1. The Bertz CT molecular complexity index is 587. The summed E-state index contributed by atoms with van der Waals surface area (Å²) in [5.74, 6) is 0.954. The third-order valence-corrected chi connectivity index (χ3v) is 5.09. The van der Waals surface area contributed by atoms with Gasteiger partial charge in [0.2, 0.25) is 0 Å². The maximum absolute atomic E-state index is 13.0. The lowest BCUT2D eigenvalue weighted by atomic mass is 10.1. The van der Waals surface area contributed by atoms with Crippen molar-refractivity contribution < 1.29 is 9.53 Å². The summed E-state index contributed by atoms with van der Waals surface area (Å²) in [5, 5.41) is 0. The first-order valence-corrected chi connectivity index (χ1v) is 8.68. The highest BCUT2D eigenvalue weighted by Crippen LogP contribution is 2.37. The maximum atomic E-state index is 13.0. The minimum atomic E-state index is -0.336. The average molecular weight is 315 g/mol. The summed E-state index contributed by atoms with van der Waals surface area (Å²) >= 11 is 0. The number of fused-ring (bicyclic) bond motifs is 1. The summed E-state index contributed by atoms with van der Waals surface area (Å²) in [6.07, 6.45) is 2.37. The van der Waals surface area contributed by atoms with Crippen LogP contribution in [0.3, 0.4) is 0 Å². The molecular formula is C18H25N3O2. The molecule has 4 rings (SSSR count). The molecule has 2 heterocycles.